The maximum Gasteiger partial charge on any atom is 0.322 e. The minimum absolute atomic E-state index is 0.0310. The molecule has 1 saturated heterocycles. The number of unbranched alkanes of at least 4 members (excludes halogenated alkanes) is 1. The first-order chi connectivity index (χ1) is 7.06. The van der Waals surface area contributed by atoms with E-state index in [1.807, 2.05) is 0 Å². The van der Waals surface area contributed by atoms with Gasteiger partial charge in [0.2, 0.25) is 5.91 Å². The van der Waals surface area contributed by atoms with Crippen molar-refractivity contribution in [1.82, 2.24) is 9.80 Å². The van der Waals surface area contributed by atoms with Crippen LogP contribution in [0.2, 0.25) is 0 Å². The van der Waals surface area contributed by atoms with Gasteiger partial charge in [-0.3, -0.25) is 14.5 Å². The normalized spacial score (nSPS) is 23.2. The average Bonchev–Trinajstić information content (AvgIpc) is 2.16. The van der Waals surface area contributed by atoms with Crippen molar-refractivity contribution in [2.24, 2.45) is 0 Å². The quantitative estimate of drug-likeness (QED) is 0.716. The maximum atomic E-state index is 11.6. The summed E-state index contributed by atoms with van der Waals surface area (Å²) in [5.74, 6) is -0.824. The summed E-state index contributed by atoms with van der Waals surface area (Å²) in [6.07, 6.45) is 1.94. The second kappa shape index (κ2) is 5.11. The van der Waals surface area contributed by atoms with Gasteiger partial charge >= 0.3 is 5.97 Å². The van der Waals surface area contributed by atoms with E-state index in [9.17, 15) is 9.59 Å². The molecule has 0 aliphatic carbocycles. The van der Waals surface area contributed by atoms with Gasteiger partial charge in [0.05, 0.1) is 6.54 Å². The van der Waals surface area contributed by atoms with Crippen LogP contribution < -0.4 is 0 Å². The highest BCUT2D eigenvalue weighted by molar-refractivity contribution is 5.83. The van der Waals surface area contributed by atoms with E-state index in [2.05, 4.69) is 6.92 Å². The Labute approximate surface area is 89.7 Å². The Bertz CT molecular complexity index is 255. The molecule has 0 saturated carbocycles. The fourth-order valence-corrected chi connectivity index (χ4v) is 1.71. The third-order valence-corrected chi connectivity index (χ3v) is 2.73. The molecule has 1 fully saturated rings. The van der Waals surface area contributed by atoms with Gasteiger partial charge in [-0.1, -0.05) is 13.3 Å². The van der Waals surface area contributed by atoms with Crippen LogP contribution in [0.3, 0.4) is 0 Å². The SMILES string of the molecule is CCCCN1CC(C(=O)O)N(C)CC1=O. The van der Waals surface area contributed by atoms with E-state index in [4.69, 9.17) is 5.11 Å². The monoisotopic (exact) mass is 214 g/mol. The predicted octanol–water partition coefficient (Wildman–Crippen LogP) is 0.0137. The molecule has 1 aliphatic heterocycles. The van der Waals surface area contributed by atoms with Crippen LogP contribution in [-0.2, 0) is 9.59 Å². The molecule has 1 N–H and O–H groups in total. The van der Waals surface area contributed by atoms with Crippen molar-refractivity contribution in [3.8, 4) is 0 Å². The molecule has 0 bridgehead atoms. The molecule has 0 spiro atoms. The Morgan fingerprint density at radius 3 is 2.80 bits per heavy atom. The van der Waals surface area contributed by atoms with Crippen molar-refractivity contribution in [1.29, 1.82) is 0 Å². The topological polar surface area (TPSA) is 60.9 Å². The smallest absolute Gasteiger partial charge is 0.322 e. The van der Waals surface area contributed by atoms with Crippen molar-refractivity contribution < 1.29 is 14.7 Å². The molecule has 5 heteroatoms. The Morgan fingerprint density at radius 1 is 1.60 bits per heavy atom. The molecule has 1 aliphatic rings. The van der Waals surface area contributed by atoms with Crippen molar-refractivity contribution in [3.05, 3.63) is 0 Å². The highest BCUT2D eigenvalue weighted by Crippen LogP contribution is 2.10. The number of hydrogen-bond donors (Lipinski definition) is 1. The largest absolute Gasteiger partial charge is 0.480 e. The number of carbonyl (C=O) groups excluding carboxylic acids is 1. The second-order valence-electron chi connectivity index (χ2n) is 3.96. The van der Waals surface area contributed by atoms with Gasteiger partial charge in [-0.05, 0) is 13.5 Å². The van der Waals surface area contributed by atoms with Gasteiger partial charge < -0.3 is 10.0 Å². The zero-order valence-electron chi connectivity index (χ0n) is 9.27. The van der Waals surface area contributed by atoms with E-state index in [0.717, 1.165) is 12.8 Å². The molecule has 1 amide bonds. The summed E-state index contributed by atoms with van der Waals surface area (Å²) in [6.45, 7) is 3.24. The van der Waals surface area contributed by atoms with Crippen molar-refractivity contribution in [2.45, 2.75) is 25.8 Å². The fraction of sp³-hybridized carbons (Fsp3) is 0.800. The first-order valence-corrected chi connectivity index (χ1v) is 5.27. The predicted molar refractivity (Wildman–Crippen MR) is 55.5 cm³/mol. The van der Waals surface area contributed by atoms with E-state index < -0.39 is 12.0 Å². The zero-order chi connectivity index (χ0) is 11.4. The summed E-state index contributed by atoms with van der Waals surface area (Å²) in [5, 5.41) is 8.96. The first kappa shape index (κ1) is 12.0. The van der Waals surface area contributed by atoms with Crippen LogP contribution in [0.1, 0.15) is 19.8 Å². The standard InChI is InChI=1S/C10H18N2O3/c1-3-4-5-12-6-8(10(14)15)11(2)7-9(12)13/h8H,3-7H2,1-2H3,(H,14,15). The number of carboxylic acids is 1. The van der Waals surface area contributed by atoms with E-state index in [0.29, 0.717) is 13.1 Å². The second-order valence-corrected chi connectivity index (χ2v) is 3.96. The third kappa shape index (κ3) is 2.92. The van der Waals surface area contributed by atoms with Crippen LogP contribution in [-0.4, -0.2) is 59.5 Å². The summed E-state index contributed by atoms with van der Waals surface area (Å²) in [6, 6.07) is -0.556. The Balaban J connectivity index is 2.58. The fourth-order valence-electron chi connectivity index (χ4n) is 1.71. The van der Waals surface area contributed by atoms with E-state index in [1.165, 1.54) is 0 Å². The van der Waals surface area contributed by atoms with Crippen molar-refractivity contribution >= 4 is 11.9 Å². The van der Waals surface area contributed by atoms with E-state index >= 15 is 0 Å². The average molecular weight is 214 g/mol. The lowest BCUT2D eigenvalue weighted by Gasteiger charge is -2.36. The van der Waals surface area contributed by atoms with Gasteiger partial charge in [-0.2, -0.15) is 0 Å². The van der Waals surface area contributed by atoms with Crippen LogP contribution in [0.25, 0.3) is 0 Å². The molecule has 1 atom stereocenters. The number of carboxylic acid groups (broad SMARTS) is 1. The maximum absolute atomic E-state index is 11.6. The van der Waals surface area contributed by atoms with Crippen LogP contribution >= 0.6 is 0 Å². The summed E-state index contributed by atoms with van der Waals surface area (Å²) < 4.78 is 0. The summed E-state index contributed by atoms with van der Waals surface area (Å²) in [7, 11) is 1.67. The number of nitrogens with zero attached hydrogens (tertiary/aromatic N) is 2. The van der Waals surface area contributed by atoms with Gasteiger partial charge in [-0.25, -0.2) is 0 Å². The minimum atomic E-state index is -0.855. The lowest BCUT2D eigenvalue weighted by molar-refractivity contribution is -0.150. The van der Waals surface area contributed by atoms with Crippen LogP contribution in [0, 0.1) is 0 Å². The molecule has 0 aromatic heterocycles. The van der Waals surface area contributed by atoms with Crippen LogP contribution in [0.5, 0.6) is 0 Å². The Morgan fingerprint density at radius 2 is 2.27 bits per heavy atom. The summed E-state index contributed by atoms with van der Waals surface area (Å²) >= 11 is 0. The molecule has 5 nitrogen and oxygen atoms in total. The summed E-state index contributed by atoms with van der Waals surface area (Å²) in [4.78, 5) is 25.7. The molecule has 0 radical (unpaired) electrons. The van der Waals surface area contributed by atoms with E-state index in [1.54, 1.807) is 16.8 Å². The molecule has 0 aromatic carbocycles. The third-order valence-electron chi connectivity index (χ3n) is 2.73. The minimum Gasteiger partial charge on any atom is -0.480 e. The van der Waals surface area contributed by atoms with Gasteiger partial charge in [0.1, 0.15) is 6.04 Å². The Hall–Kier alpha value is -1.10. The number of carbonyl (C=O) groups is 2. The van der Waals surface area contributed by atoms with Crippen LogP contribution in [0.15, 0.2) is 0 Å². The number of aliphatic carboxylic acids is 1. The molecule has 1 rings (SSSR count). The number of hydrogen-bond acceptors (Lipinski definition) is 3. The van der Waals surface area contributed by atoms with Crippen molar-refractivity contribution in [2.75, 3.05) is 26.7 Å². The zero-order valence-corrected chi connectivity index (χ0v) is 9.27. The number of piperazine rings is 1. The molecular formula is C10H18N2O3. The first-order valence-electron chi connectivity index (χ1n) is 5.27. The lowest BCUT2D eigenvalue weighted by atomic mass is 10.1. The molecule has 1 heterocycles. The van der Waals surface area contributed by atoms with Crippen molar-refractivity contribution in [3.63, 3.8) is 0 Å². The Kier molecular flexibility index (Phi) is 4.08. The highest BCUT2D eigenvalue weighted by Gasteiger charge is 2.33. The van der Waals surface area contributed by atoms with Gasteiger partial charge in [-0.15, -0.1) is 0 Å². The lowest BCUT2D eigenvalue weighted by Crippen LogP contribution is -2.57. The van der Waals surface area contributed by atoms with Crippen LogP contribution in [0.4, 0.5) is 0 Å². The van der Waals surface area contributed by atoms with Gasteiger partial charge in [0.15, 0.2) is 0 Å². The number of likely N-dealkylation sites (N-methyl/N-ethyl adjacent to an activating group) is 1. The van der Waals surface area contributed by atoms with Gasteiger partial charge in [0.25, 0.3) is 0 Å². The number of rotatable bonds is 4. The molecule has 15 heavy (non-hydrogen) atoms. The number of amides is 1. The molecule has 86 valence electrons. The molecule has 0 aromatic rings. The highest BCUT2D eigenvalue weighted by atomic mass is 16.4. The van der Waals surface area contributed by atoms with E-state index in [-0.39, 0.29) is 12.5 Å². The molecular weight excluding hydrogens is 196 g/mol. The van der Waals surface area contributed by atoms with Gasteiger partial charge in [0, 0.05) is 13.1 Å². The molecule has 1 unspecified atom stereocenters. The summed E-state index contributed by atoms with van der Waals surface area (Å²) in [5.41, 5.74) is 0.